The Bertz CT molecular complexity index is 163. The Labute approximate surface area is 80.0 Å². The maximum atomic E-state index is 9.66. The minimum absolute atomic E-state index is 0.171. The van der Waals surface area contributed by atoms with Crippen LogP contribution in [0.3, 0.4) is 0 Å². The standard InChI is InChI=1S/C11H20O2/c12-7-10-5-9(6-11(10)13)8-3-1-2-4-8/h8-13H,1-7H2/t9?,10?,11-/m0/s1. The summed E-state index contributed by atoms with van der Waals surface area (Å²) in [6, 6.07) is 0. The zero-order chi connectivity index (χ0) is 9.26. The van der Waals surface area contributed by atoms with Gasteiger partial charge < -0.3 is 10.2 Å². The molecule has 0 amide bonds. The van der Waals surface area contributed by atoms with Crippen molar-refractivity contribution in [1.29, 1.82) is 0 Å². The van der Waals surface area contributed by atoms with E-state index in [2.05, 4.69) is 0 Å². The van der Waals surface area contributed by atoms with Crippen molar-refractivity contribution in [1.82, 2.24) is 0 Å². The van der Waals surface area contributed by atoms with Gasteiger partial charge in [-0.15, -0.1) is 0 Å². The molecular weight excluding hydrogens is 164 g/mol. The molecule has 0 bridgehead atoms. The molecule has 2 rings (SSSR count). The van der Waals surface area contributed by atoms with Crippen LogP contribution in [-0.4, -0.2) is 22.9 Å². The second kappa shape index (κ2) is 3.97. The molecule has 2 aliphatic carbocycles. The number of aliphatic hydroxyl groups is 2. The van der Waals surface area contributed by atoms with Crippen LogP contribution >= 0.6 is 0 Å². The summed E-state index contributed by atoms with van der Waals surface area (Å²) in [6.07, 6.45) is 7.24. The van der Waals surface area contributed by atoms with Crippen molar-refractivity contribution in [2.75, 3.05) is 6.61 Å². The van der Waals surface area contributed by atoms with Gasteiger partial charge in [0.1, 0.15) is 0 Å². The van der Waals surface area contributed by atoms with Crippen LogP contribution in [-0.2, 0) is 0 Å². The van der Waals surface area contributed by atoms with Crippen LogP contribution in [0.25, 0.3) is 0 Å². The van der Waals surface area contributed by atoms with Crippen LogP contribution in [0, 0.1) is 17.8 Å². The summed E-state index contributed by atoms with van der Waals surface area (Å²) in [6.45, 7) is 0.171. The highest BCUT2D eigenvalue weighted by atomic mass is 16.3. The highest BCUT2D eigenvalue weighted by Crippen LogP contribution is 2.42. The Kier molecular flexibility index (Phi) is 2.89. The molecule has 0 spiro atoms. The zero-order valence-corrected chi connectivity index (χ0v) is 8.15. The van der Waals surface area contributed by atoms with Crippen molar-refractivity contribution >= 4 is 0 Å². The molecule has 2 unspecified atom stereocenters. The molecule has 0 heterocycles. The van der Waals surface area contributed by atoms with E-state index in [1.165, 1.54) is 25.7 Å². The average Bonchev–Trinajstić information content (AvgIpc) is 2.71. The fourth-order valence-corrected chi connectivity index (χ4v) is 3.15. The predicted molar refractivity (Wildman–Crippen MR) is 51.3 cm³/mol. The third-order valence-corrected chi connectivity index (χ3v) is 3.99. The van der Waals surface area contributed by atoms with Gasteiger partial charge in [0.25, 0.3) is 0 Å². The molecule has 0 aromatic heterocycles. The number of rotatable bonds is 2. The Morgan fingerprint density at radius 2 is 1.69 bits per heavy atom. The fourth-order valence-electron chi connectivity index (χ4n) is 3.15. The SMILES string of the molecule is OCC1CC(C2CCCC2)C[C@@H]1O. The van der Waals surface area contributed by atoms with Crippen LogP contribution in [0.5, 0.6) is 0 Å². The molecule has 2 nitrogen and oxygen atoms in total. The molecule has 76 valence electrons. The van der Waals surface area contributed by atoms with Gasteiger partial charge in [0.15, 0.2) is 0 Å². The lowest BCUT2D eigenvalue weighted by molar-refractivity contribution is 0.0903. The summed E-state index contributed by atoms with van der Waals surface area (Å²) in [4.78, 5) is 0. The summed E-state index contributed by atoms with van der Waals surface area (Å²) in [5.41, 5.74) is 0. The van der Waals surface area contributed by atoms with Crippen molar-refractivity contribution in [3.8, 4) is 0 Å². The molecule has 0 aromatic rings. The Hall–Kier alpha value is -0.0800. The van der Waals surface area contributed by atoms with Crippen molar-refractivity contribution in [2.45, 2.75) is 44.6 Å². The number of hydrogen-bond donors (Lipinski definition) is 2. The van der Waals surface area contributed by atoms with Crippen molar-refractivity contribution in [3.05, 3.63) is 0 Å². The summed E-state index contributed by atoms with van der Waals surface area (Å²) < 4.78 is 0. The van der Waals surface area contributed by atoms with Crippen molar-refractivity contribution in [2.24, 2.45) is 17.8 Å². The van der Waals surface area contributed by atoms with Gasteiger partial charge >= 0.3 is 0 Å². The van der Waals surface area contributed by atoms with Crippen LogP contribution in [0.4, 0.5) is 0 Å². The van der Waals surface area contributed by atoms with E-state index in [1.54, 1.807) is 0 Å². The molecule has 0 radical (unpaired) electrons. The third kappa shape index (κ3) is 1.89. The van der Waals surface area contributed by atoms with Crippen LogP contribution in [0.15, 0.2) is 0 Å². The van der Waals surface area contributed by atoms with Crippen LogP contribution in [0.2, 0.25) is 0 Å². The van der Waals surface area contributed by atoms with Crippen molar-refractivity contribution < 1.29 is 10.2 Å². The first-order valence-electron chi connectivity index (χ1n) is 5.60. The molecule has 2 fully saturated rings. The first-order chi connectivity index (χ1) is 6.31. The maximum Gasteiger partial charge on any atom is 0.0593 e. The van der Waals surface area contributed by atoms with E-state index in [1.807, 2.05) is 0 Å². The molecule has 2 saturated carbocycles. The molecule has 3 atom stereocenters. The molecular formula is C11H20O2. The van der Waals surface area contributed by atoms with Gasteiger partial charge in [0.05, 0.1) is 6.10 Å². The summed E-state index contributed by atoms with van der Waals surface area (Å²) in [7, 11) is 0. The highest BCUT2D eigenvalue weighted by Gasteiger charge is 2.37. The molecule has 2 heteroatoms. The quantitative estimate of drug-likeness (QED) is 0.683. The van der Waals surface area contributed by atoms with Gasteiger partial charge in [0, 0.05) is 12.5 Å². The lowest BCUT2D eigenvalue weighted by Crippen LogP contribution is -2.16. The van der Waals surface area contributed by atoms with E-state index in [9.17, 15) is 5.11 Å². The second-order valence-electron chi connectivity index (χ2n) is 4.79. The maximum absolute atomic E-state index is 9.66. The minimum Gasteiger partial charge on any atom is -0.396 e. The molecule has 2 N–H and O–H groups in total. The zero-order valence-electron chi connectivity index (χ0n) is 8.15. The normalized spacial score (nSPS) is 41.5. The monoisotopic (exact) mass is 184 g/mol. The van der Waals surface area contributed by atoms with Crippen LogP contribution in [0.1, 0.15) is 38.5 Å². The van der Waals surface area contributed by atoms with E-state index >= 15 is 0 Å². The molecule has 13 heavy (non-hydrogen) atoms. The van der Waals surface area contributed by atoms with Gasteiger partial charge in [-0.1, -0.05) is 25.7 Å². The Morgan fingerprint density at radius 3 is 2.23 bits per heavy atom. The third-order valence-electron chi connectivity index (χ3n) is 3.99. The molecule has 0 aliphatic heterocycles. The van der Waals surface area contributed by atoms with Gasteiger partial charge in [0.2, 0.25) is 0 Å². The summed E-state index contributed by atoms with van der Waals surface area (Å²) in [5, 5.41) is 18.7. The summed E-state index contributed by atoms with van der Waals surface area (Å²) >= 11 is 0. The van der Waals surface area contributed by atoms with Gasteiger partial charge in [-0.3, -0.25) is 0 Å². The van der Waals surface area contributed by atoms with E-state index in [-0.39, 0.29) is 18.6 Å². The highest BCUT2D eigenvalue weighted by molar-refractivity contribution is 4.87. The largest absolute Gasteiger partial charge is 0.396 e. The Balaban J connectivity index is 1.88. The van der Waals surface area contributed by atoms with Crippen LogP contribution < -0.4 is 0 Å². The Morgan fingerprint density at radius 1 is 1.00 bits per heavy atom. The lowest BCUT2D eigenvalue weighted by Gasteiger charge is -2.17. The molecule has 0 aromatic carbocycles. The second-order valence-corrected chi connectivity index (χ2v) is 4.79. The van der Waals surface area contributed by atoms with Gasteiger partial charge in [-0.05, 0) is 24.7 Å². The smallest absolute Gasteiger partial charge is 0.0593 e. The average molecular weight is 184 g/mol. The fraction of sp³-hybridized carbons (Fsp3) is 1.00. The predicted octanol–water partition coefficient (Wildman–Crippen LogP) is 1.56. The first-order valence-corrected chi connectivity index (χ1v) is 5.60. The van der Waals surface area contributed by atoms with E-state index in [0.717, 1.165) is 18.8 Å². The number of hydrogen-bond acceptors (Lipinski definition) is 2. The molecule has 0 saturated heterocycles. The van der Waals surface area contributed by atoms with E-state index in [4.69, 9.17) is 5.11 Å². The molecule has 2 aliphatic rings. The summed E-state index contributed by atoms with van der Waals surface area (Å²) in [5.74, 6) is 1.73. The number of aliphatic hydroxyl groups excluding tert-OH is 2. The van der Waals surface area contributed by atoms with E-state index in [0.29, 0.717) is 5.92 Å². The van der Waals surface area contributed by atoms with Crippen molar-refractivity contribution in [3.63, 3.8) is 0 Å². The topological polar surface area (TPSA) is 40.5 Å². The van der Waals surface area contributed by atoms with Gasteiger partial charge in [-0.2, -0.15) is 0 Å². The minimum atomic E-state index is -0.226. The lowest BCUT2D eigenvalue weighted by atomic mass is 9.89. The van der Waals surface area contributed by atoms with E-state index < -0.39 is 0 Å². The van der Waals surface area contributed by atoms with Gasteiger partial charge in [-0.25, -0.2) is 0 Å². The first kappa shape index (κ1) is 9.47.